The molecule has 2 N–H and O–H groups in total. The molecule has 0 aliphatic rings. The van der Waals surface area contributed by atoms with Gasteiger partial charge in [-0.2, -0.15) is 5.10 Å². The molecule has 0 aliphatic carbocycles. The smallest absolute Gasteiger partial charge is 0.358 e. The van der Waals surface area contributed by atoms with E-state index in [0.717, 1.165) is 5.69 Å². The number of rotatable bonds is 3. The van der Waals surface area contributed by atoms with Crippen molar-refractivity contribution in [3.8, 4) is 5.69 Å². The topological polar surface area (TPSA) is 70.1 Å². The van der Waals surface area contributed by atoms with Gasteiger partial charge in [0, 0.05) is 11.1 Å². The molecule has 0 aliphatic heterocycles. The molecule has 0 fully saturated rings. The van der Waals surface area contributed by atoms with E-state index in [2.05, 4.69) is 5.10 Å². The zero-order valence-electron chi connectivity index (χ0n) is 9.76. The van der Waals surface area contributed by atoms with Crippen molar-refractivity contribution >= 4 is 23.4 Å². The highest BCUT2D eigenvalue weighted by Crippen LogP contribution is 2.17. The van der Waals surface area contributed by atoms with Crippen molar-refractivity contribution in [1.82, 2.24) is 9.78 Å². The van der Waals surface area contributed by atoms with E-state index in [1.807, 2.05) is 0 Å². The van der Waals surface area contributed by atoms with E-state index in [1.54, 1.807) is 31.2 Å². The fourth-order valence-corrected chi connectivity index (χ4v) is 1.62. The van der Waals surface area contributed by atoms with Crippen molar-refractivity contribution in [2.75, 3.05) is 12.3 Å². The van der Waals surface area contributed by atoms with Gasteiger partial charge in [-0.15, -0.1) is 0 Å². The second-order valence-corrected chi connectivity index (χ2v) is 4.00. The normalized spacial score (nSPS) is 10.3. The Morgan fingerprint density at radius 3 is 2.72 bits per heavy atom. The number of halogens is 1. The Kier molecular flexibility index (Phi) is 3.53. The van der Waals surface area contributed by atoms with E-state index in [9.17, 15) is 4.79 Å². The monoisotopic (exact) mass is 265 g/mol. The fourth-order valence-electron chi connectivity index (χ4n) is 1.49. The van der Waals surface area contributed by atoms with Gasteiger partial charge in [0.2, 0.25) is 0 Å². The van der Waals surface area contributed by atoms with Crippen molar-refractivity contribution in [2.24, 2.45) is 0 Å². The first-order valence-corrected chi connectivity index (χ1v) is 5.78. The summed E-state index contributed by atoms with van der Waals surface area (Å²) in [5.41, 5.74) is 6.72. The summed E-state index contributed by atoms with van der Waals surface area (Å²) in [4.78, 5) is 11.5. The van der Waals surface area contributed by atoms with E-state index in [0.29, 0.717) is 17.4 Å². The van der Waals surface area contributed by atoms with E-state index < -0.39 is 5.97 Å². The van der Waals surface area contributed by atoms with Crippen LogP contribution in [0.25, 0.3) is 5.69 Å². The molecule has 2 aromatic rings. The van der Waals surface area contributed by atoms with Gasteiger partial charge in [-0.1, -0.05) is 11.6 Å². The average Bonchev–Trinajstić information content (AvgIpc) is 2.73. The summed E-state index contributed by atoms with van der Waals surface area (Å²) in [7, 11) is 0. The Hall–Kier alpha value is -2.01. The molecule has 0 saturated heterocycles. The van der Waals surface area contributed by atoms with Crippen molar-refractivity contribution in [1.29, 1.82) is 0 Å². The van der Waals surface area contributed by atoms with Gasteiger partial charge in [0.25, 0.3) is 0 Å². The Morgan fingerprint density at radius 1 is 1.44 bits per heavy atom. The van der Waals surface area contributed by atoms with Crippen LogP contribution in [0.2, 0.25) is 5.02 Å². The number of hydrogen-bond acceptors (Lipinski definition) is 4. The number of nitrogens with zero attached hydrogens (tertiary/aromatic N) is 2. The second-order valence-electron chi connectivity index (χ2n) is 3.56. The van der Waals surface area contributed by atoms with Crippen LogP contribution in [0.5, 0.6) is 0 Å². The first-order chi connectivity index (χ1) is 8.61. The van der Waals surface area contributed by atoms with Crippen LogP contribution in [0.15, 0.2) is 30.3 Å². The summed E-state index contributed by atoms with van der Waals surface area (Å²) in [6.45, 7) is 2.03. The van der Waals surface area contributed by atoms with E-state index in [-0.39, 0.29) is 5.69 Å². The van der Waals surface area contributed by atoms with Gasteiger partial charge in [-0.3, -0.25) is 0 Å². The number of benzene rings is 1. The van der Waals surface area contributed by atoms with E-state index in [4.69, 9.17) is 22.1 Å². The standard InChI is InChI=1S/C12H12ClN3O2/c1-2-18-12(17)10-7-11(14)16(15-10)9-5-3-8(13)4-6-9/h3-7H,2,14H2,1H3. The highest BCUT2D eigenvalue weighted by atomic mass is 35.5. The van der Waals surface area contributed by atoms with Crippen LogP contribution >= 0.6 is 11.6 Å². The molecule has 0 radical (unpaired) electrons. The second kappa shape index (κ2) is 5.10. The van der Waals surface area contributed by atoms with Gasteiger partial charge in [0.1, 0.15) is 5.82 Å². The lowest BCUT2D eigenvalue weighted by Crippen LogP contribution is -2.07. The van der Waals surface area contributed by atoms with E-state index >= 15 is 0 Å². The largest absolute Gasteiger partial charge is 0.461 e. The SMILES string of the molecule is CCOC(=O)c1cc(N)n(-c2ccc(Cl)cc2)n1. The minimum absolute atomic E-state index is 0.185. The number of hydrogen-bond donors (Lipinski definition) is 1. The molecule has 2 rings (SSSR count). The maximum Gasteiger partial charge on any atom is 0.358 e. The summed E-state index contributed by atoms with van der Waals surface area (Å²) in [5.74, 6) is -0.128. The Labute approximate surface area is 109 Å². The fraction of sp³-hybridized carbons (Fsp3) is 0.167. The number of aromatic nitrogens is 2. The van der Waals surface area contributed by atoms with Gasteiger partial charge < -0.3 is 10.5 Å². The first-order valence-electron chi connectivity index (χ1n) is 5.40. The molecule has 0 atom stereocenters. The average molecular weight is 266 g/mol. The highest BCUT2D eigenvalue weighted by molar-refractivity contribution is 6.30. The number of esters is 1. The van der Waals surface area contributed by atoms with Crippen LogP contribution in [-0.4, -0.2) is 22.4 Å². The number of ether oxygens (including phenoxy) is 1. The molecular formula is C12H12ClN3O2. The Morgan fingerprint density at radius 2 is 2.11 bits per heavy atom. The van der Waals surface area contributed by atoms with Gasteiger partial charge in [0.05, 0.1) is 12.3 Å². The number of nitrogens with two attached hydrogens (primary N) is 1. The van der Waals surface area contributed by atoms with Crippen molar-refractivity contribution < 1.29 is 9.53 Å². The summed E-state index contributed by atoms with van der Waals surface area (Å²) in [5, 5.41) is 4.72. The first kappa shape index (κ1) is 12.4. The molecule has 1 heterocycles. The van der Waals surface area contributed by atoms with Gasteiger partial charge in [-0.25, -0.2) is 9.48 Å². The summed E-state index contributed by atoms with van der Waals surface area (Å²) >= 11 is 5.80. The molecule has 0 saturated carbocycles. The molecule has 5 nitrogen and oxygen atoms in total. The molecule has 0 spiro atoms. The lowest BCUT2D eigenvalue weighted by atomic mass is 10.3. The quantitative estimate of drug-likeness (QED) is 0.865. The number of nitrogen functional groups attached to an aromatic ring is 1. The molecule has 6 heteroatoms. The zero-order chi connectivity index (χ0) is 13.1. The van der Waals surface area contributed by atoms with Crippen molar-refractivity contribution in [2.45, 2.75) is 6.92 Å². The van der Waals surface area contributed by atoms with Gasteiger partial charge >= 0.3 is 5.97 Å². The third-order valence-corrected chi connectivity index (χ3v) is 2.54. The molecule has 1 aromatic carbocycles. The number of carbonyl (C=O) groups excluding carboxylic acids is 1. The third-order valence-electron chi connectivity index (χ3n) is 2.29. The molecule has 0 unspecified atom stereocenters. The van der Waals surface area contributed by atoms with Crippen LogP contribution < -0.4 is 5.73 Å². The summed E-state index contributed by atoms with van der Waals surface area (Å²) in [6.07, 6.45) is 0. The lowest BCUT2D eigenvalue weighted by molar-refractivity contribution is 0.0519. The van der Waals surface area contributed by atoms with Gasteiger partial charge in [0.15, 0.2) is 5.69 Å². The van der Waals surface area contributed by atoms with Crippen LogP contribution in [0.1, 0.15) is 17.4 Å². The Balaban J connectivity index is 2.34. The summed E-state index contributed by atoms with van der Waals surface area (Å²) in [6, 6.07) is 8.46. The van der Waals surface area contributed by atoms with Crippen LogP contribution in [0, 0.1) is 0 Å². The highest BCUT2D eigenvalue weighted by Gasteiger charge is 2.14. The van der Waals surface area contributed by atoms with Crippen LogP contribution in [-0.2, 0) is 4.74 Å². The lowest BCUT2D eigenvalue weighted by Gasteiger charge is -2.03. The molecule has 0 amide bonds. The van der Waals surface area contributed by atoms with E-state index in [1.165, 1.54) is 10.7 Å². The zero-order valence-corrected chi connectivity index (χ0v) is 10.5. The molecule has 0 bridgehead atoms. The minimum Gasteiger partial charge on any atom is -0.461 e. The molecule has 94 valence electrons. The van der Waals surface area contributed by atoms with Crippen molar-refractivity contribution in [3.63, 3.8) is 0 Å². The minimum atomic E-state index is -0.489. The maximum atomic E-state index is 11.5. The third kappa shape index (κ3) is 2.46. The number of anilines is 1. The Bertz CT molecular complexity index is 563. The maximum absolute atomic E-state index is 11.5. The molecular weight excluding hydrogens is 254 g/mol. The number of carbonyl (C=O) groups is 1. The van der Waals surface area contributed by atoms with Gasteiger partial charge in [-0.05, 0) is 31.2 Å². The summed E-state index contributed by atoms with van der Waals surface area (Å²) < 4.78 is 6.32. The molecule has 18 heavy (non-hydrogen) atoms. The van der Waals surface area contributed by atoms with Crippen LogP contribution in [0.3, 0.4) is 0 Å². The van der Waals surface area contributed by atoms with Crippen molar-refractivity contribution in [3.05, 3.63) is 41.0 Å². The predicted molar refractivity (Wildman–Crippen MR) is 68.9 cm³/mol. The predicted octanol–water partition coefficient (Wildman–Crippen LogP) is 2.28. The molecule has 1 aromatic heterocycles. The van der Waals surface area contributed by atoms with Crippen LogP contribution in [0.4, 0.5) is 5.82 Å².